The van der Waals surface area contributed by atoms with Crippen molar-refractivity contribution in [1.82, 2.24) is 5.32 Å². The average Bonchev–Trinajstić information content (AvgIpc) is 2.53. The Kier molecular flexibility index (Phi) is 4.26. The molecule has 0 bridgehead atoms. The van der Waals surface area contributed by atoms with Gasteiger partial charge in [0.15, 0.2) is 0 Å². The van der Waals surface area contributed by atoms with Crippen molar-refractivity contribution >= 4 is 11.6 Å². The van der Waals surface area contributed by atoms with Crippen molar-refractivity contribution in [2.45, 2.75) is 24.9 Å². The van der Waals surface area contributed by atoms with Crippen LogP contribution in [0.3, 0.4) is 0 Å². The van der Waals surface area contributed by atoms with Crippen LogP contribution < -0.4 is 10.1 Å². The highest BCUT2D eigenvalue weighted by Gasteiger charge is 2.28. The van der Waals surface area contributed by atoms with Gasteiger partial charge in [-0.25, -0.2) is 0 Å². The fourth-order valence-electron chi connectivity index (χ4n) is 2.03. The van der Waals surface area contributed by atoms with E-state index in [9.17, 15) is 5.11 Å². The van der Waals surface area contributed by atoms with Crippen LogP contribution in [0.2, 0.25) is 5.02 Å². The number of ether oxygens (including phenoxy) is 1. The van der Waals surface area contributed by atoms with E-state index in [1.165, 1.54) is 0 Å². The summed E-state index contributed by atoms with van der Waals surface area (Å²) < 4.78 is 5.62. The third kappa shape index (κ3) is 3.87. The Hall–Kier alpha value is -0.770. The summed E-state index contributed by atoms with van der Waals surface area (Å²) in [6.07, 6.45) is 2.49. The summed E-state index contributed by atoms with van der Waals surface area (Å²) in [5.41, 5.74) is -0.716. The van der Waals surface area contributed by atoms with Gasteiger partial charge in [-0.05, 0) is 50.6 Å². The molecular weight excluding hydrogens is 238 g/mol. The van der Waals surface area contributed by atoms with Crippen LogP contribution in [0.4, 0.5) is 0 Å². The molecule has 0 saturated carbocycles. The van der Waals surface area contributed by atoms with Gasteiger partial charge in [-0.15, -0.1) is 0 Å². The second-order valence-corrected chi connectivity index (χ2v) is 5.01. The normalized spacial score (nSPS) is 25.3. The van der Waals surface area contributed by atoms with Gasteiger partial charge in [-0.3, -0.25) is 0 Å². The van der Waals surface area contributed by atoms with Crippen LogP contribution in [0.15, 0.2) is 24.3 Å². The molecule has 4 heteroatoms. The van der Waals surface area contributed by atoms with Crippen molar-refractivity contribution in [1.29, 1.82) is 0 Å². The van der Waals surface area contributed by atoms with Gasteiger partial charge in [0, 0.05) is 5.02 Å². The van der Waals surface area contributed by atoms with Gasteiger partial charge in [0.25, 0.3) is 0 Å². The highest BCUT2D eigenvalue weighted by Crippen LogP contribution is 2.23. The van der Waals surface area contributed by atoms with Gasteiger partial charge in [0.05, 0.1) is 5.60 Å². The minimum atomic E-state index is -0.716. The zero-order valence-electron chi connectivity index (χ0n) is 9.79. The number of aliphatic hydroxyl groups is 1. The predicted octanol–water partition coefficient (Wildman–Crippen LogP) is 2.22. The van der Waals surface area contributed by atoms with Gasteiger partial charge in [0.2, 0.25) is 0 Å². The second-order valence-electron chi connectivity index (χ2n) is 4.57. The fraction of sp³-hybridized carbons (Fsp3) is 0.538. The SMILES string of the molecule is OC1(COc2cccc(Cl)c2)CCCNCC1. The molecule has 1 fully saturated rings. The first-order valence-electron chi connectivity index (χ1n) is 5.99. The highest BCUT2D eigenvalue weighted by molar-refractivity contribution is 6.30. The lowest BCUT2D eigenvalue weighted by molar-refractivity contribution is -0.0147. The van der Waals surface area contributed by atoms with Gasteiger partial charge in [0.1, 0.15) is 12.4 Å². The number of benzene rings is 1. The molecule has 17 heavy (non-hydrogen) atoms. The van der Waals surface area contributed by atoms with Crippen molar-refractivity contribution in [3.8, 4) is 5.75 Å². The molecule has 3 nitrogen and oxygen atoms in total. The molecule has 1 atom stereocenters. The fourth-order valence-corrected chi connectivity index (χ4v) is 2.21. The van der Waals surface area contributed by atoms with E-state index in [0.29, 0.717) is 17.4 Å². The van der Waals surface area contributed by atoms with Crippen molar-refractivity contribution in [2.24, 2.45) is 0 Å². The first-order valence-corrected chi connectivity index (χ1v) is 6.37. The van der Waals surface area contributed by atoms with Crippen LogP contribution in [0.25, 0.3) is 0 Å². The Morgan fingerprint density at radius 1 is 1.35 bits per heavy atom. The van der Waals surface area contributed by atoms with Gasteiger partial charge < -0.3 is 15.2 Å². The molecule has 1 aliphatic heterocycles. The van der Waals surface area contributed by atoms with Crippen LogP contribution >= 0.6 is 11.6 Å². The number of halogens is 1. The molecule has 2 N–H and O–H groups in total. The topological polar surface area (TPSA) is 41.5 Å². The van der Waals surface area contributed by atoms with Crippen LogP contribution in [0, 0.1) is 0 Å². The van der Waals surface area contributed by atoms with E-state index in [-0.39, 0.29) is 0 Å². The summed E-state index contributed by atoms with van der Waals surface area (Å²) in [5.74, 6) is 0.711. The Labute approximate surface area is 107 Å². The van der Waals surface area contributed by atoms with Crippen molar-refractivity contribution in [3.63, 3.8) is 0 Å². The second kappa shape index (κ2) is 5.71. The third-order valence-electron chi connectivity index (χ3n) is 3.07. The molecule has 1 heterocycles. The van der Waals surface area contributed by atoms with E-state index in [1.54, 1.807) is 12.1 Å². The summed E-state index contributed by atoms with van der Waals surface area (Å²) in [5, 5.41) is 14.3. The summed E-state index contributed by atoms with van der Waals surface area (Å²) in [6.45, 7) is 2.14. The lowest BCUT2D eigenvalue weighted by Gasteiger charge is -2.26. The van der Waals surface area contributed by atoms with E-state index < -0.39 is 5.60 Å². The summed E-state index contributed by atoms with van der Waals surface area (Å²) in [6, 6.07) is 7.26. The molecule has 0 amide bonds. The molecule has 0 aromatic heterocycles. The van der Waals surface area contributed by atoms with Gasteiger partial charge >= 0.3 is 0 Å². The number of nitrogens with one attached hydrogen (secondary N) is 1. The van der Waals surface area contributed by atoms with Crippen molar-refractivity contribution < 1.29 is 9.84 Å². The maximum Gasteiger partial charge on any atom is 0.120 e. The monoisotopic (exact) mass is 255 g/mol. The Bertz CT molecular complexity index is 362. The van der Waals surface area contributed by atoms with Crippen LogP contribution in [-0.2, 0) is 0 Å². The third-order valence-corrected chi connectivity index (χ3v) is 3.30. The minimum Gasteiger partial charge on any atom is -0.491 e. The molecule has 1 aromatic carbocycles. The molecule has 0 aliphatic carbocycles. The number of hydrogen-bond acceptors (Lipinski definition) is 3. The summed E-state index contributed by atoms with van der Waals surface area (Å²) in [7, 11) is 0. The van der Waals surface area contributed by atoms with E-state index in [0.717, 1.165) is 32.4 Å². The quantitative estimate of drug-likeness (QED) is 0.870. The molecule has 0 spiro atoms. The molecule has 0 radical (unpaired) electrons. The smallest absolute Gasteiger partial charge is 0.120 e. The molecule has 2 rings (SSSR count). The first-order chi connectivity index (χ1) is 8.18. The average molecular weight is 256 g/mol. The predicted molar refractivity (Wildman–Crippen MR) is 68.6 cm³/mol. The lowest BCUT2D eigenvalue weighted by atomic mass is 9.96. The maximum atomic E-state index is 10.4. The standard InChI is InChI=1S/C13H18ClNO2/c14-11-3-1-4-12(9-11)17-10-13(16)5-2-7-15-8-6-13/h1,3-4,9,15-16H,2,5-8,10H2. The maximum absolute atomic E-state index is 10.4. The zero-order valence-corrected chi connectivity index (χ0v) is 10.5. The Morgan fingerprint density at radius 3 is 3.06 bits per heavy atom. The largest absolute Gasteiger partial charge is 0.491 e. The molecule has 1 unspecified atom stereocenters. The molecule has 1 aliphatic rings. The van der Waals surface area contributed by atoms with Crippen LogP contribution in [-0.4, -0.2) is 30.4 Å². The Morgan fingerprint density at radius 2 is 2.24 bits per heavy atom. The first kappa shape index (κ1) is 12.7. The van der Waals surface area contributed by atoms with Crippen molar-refractivity contribution in [2.75, 3.05) is 19.7 Å². The number of rotatable bonds is 3. The molecule has 1 aromatic rings. The molecule has 94 valence electrons. The summed E-state index contributed by atoms with van der Waals surface area (Å²) >= 11 is 5.87. The van der Waals surface area contributed by atoms with Gasteiger partial charge in [-0.1, -0.05) is 17.7 Å². The van der Waals surface area contributed by atoms with Crippen LogP contribution in [0.5, 0.6) is 5.75 Å². The van der Waals surface area contributed by atoms with Crippen LogP contribution in [0.1, 0.15) is 19.3 Å². The van der Waals surface area contributed by atoms with E-state index in [4.69, 9.17) is 16.3 Å². The van der Waals surface area contributed by atoms with E-state index in [2.05, 4.69) is 5.32 Å². The number of hydrogen-bond donors (Lipinski definition) is 2. The minimum absolute atomic E-state index is 0.328. The highest BCUT2D eigenvalue weighted by atomic mass is 35.5. The lowest BCUT2D eigenvalue weighted by Crippen LogP contribution is -2.36. The molecule has 1 saturated heterocycles. The summed E-state index contributed by atoms with van der Waals surface area (Å²) in [4.78, 5) is 0. The Balaban J connectivity index is 1.92. The molecular formula is C13H18ClNO2. The van der Waals surface area contributed by atoms with Crippen molar-refractivity contribution in [3.05, 3.63) is 29.3 Å². The van der Waals surface area contributed by atoms with E-state index in [1.807, 2.05) is 12.1 Å². The van der Waals surface area contributed by atoms with E-state index >= 15 is 0 Å². The zero-order chi connectivity index (χ0) is 12.1. The van der Waals surface area contributed by atoms with Gasteiger partial charge in [-0.2, -0.15) is 0 Å².